The van der Waals surface area contributed by atoms with Crippen LogP contribution in [0.4, 0.5) is 0 Å². The van der Waals surface area contributed by atoms with E-state index in [0.717, 1.165) is 0 Å². The summed E-state index contributed by atoms with van der Waals surface area (Å²) in [5, 5.41) is 14.8. The van der Waals surface area contributed by atoms with Crippen molar-refractivity contribution in [2.75, 3.05) is 0 Å². The lowest BCUT2D eigenvalue weighted by atomic mass is 10.2. The van der Waals surface area contributed by atoms with Crippen molar-refractivity contribution < 1.29 is 8.42 Å². The highest BCUT2D eigenvalue weighted by Gasteiger charge is 2.12. The lowest BCUT2D eigenvalue weighted by molar-refractivity contribution is 0.578. The predicted molar refractivity (Wildman–Crippen MR) is 67.0 cm³/mol. The molecular weight excluding hydrogens is 266 g/mol. The molecule has 8 heteroatoms. The minimum atomic E-state index is -3.45. The Morgan fingerprint density at radius 2 is 2.05 bits per heavy atom. The van der Waals surface area contributed by atoms with E-state index < -0.39 is 10.0 Å². The summed E-state index contributed by atoms with van der Waals surface area (Å²) in [6, 6.07) is 8.38. The number of hydrogen-bond acceptors (Lipinski definition) is 5. The van der Waals surface area contributed by atoms with Crippen molar-refractivity contribution in [2.24, 2.45) is 0 Å². The fraction of sp³-hybridized carbons (Fsp3) is 0.182. The fourth-order valence-electron chi connectivity index (χ4n) is 1.44. The van der Waals surface area contributed by atoms with Gasteiger partial charge in [0.25, 0.3) is 0 Å². The van der Waals surface area contributed by atoms with E-state index in [4.69, 9.17) is 5.26 Å². The van der Waals surface area contributed by atoms with Crippen molar-refractivity contribution in [1.29, 1.82) is 5.26 Å². The van der Waals surface area contributed by atoms with Crippen molar-refractivity contribution in [1.82, 2.24) is 19.9 Å². The van der Waals surface area contributed by atoms with Crippen LogP contribution in [0.1, 0.15) is 17.0 Å². The molecule has 0 unspecified atom stereocenters. The van der Waals surface area contributed by atoms with Crippen LogP contribution in [0.25, 0.3) is 0 Å². The molecule has 1 heterocycles. The number of nitriles is 1. The molecule has 2 aromatic rings. The van der Waals surface area contributed by atoms with Crippen LogP contribution in [-0.4, -0.2) is 23.6 Å². The van der Waals surface area contributed by atoms with Crippen LogP contribution < -0.4 is 4.72 Å². The highest BCUT2D eigenvalue weighted by Crippen LogP contribution is 2.07. The van der Waals surface area contributed by atoms with E-state index in [1.54, 1.807) is 24.3 Å². The van der Waals surface area contributed by atoms with E-state index in [1.807, 2.05) is 6.07 Å². The first-order valence-electron chi connectivity index (χ1n) is 5.40. The smallest absolute Gasteiger partial charge is 0.216 e. The molecule has 0 spiro atoms. The summed E-state index contributed by atoms with van der Waals surface area (Å²) in [4.78, 5) is 3.82. The van der Waals surface area contributed by atoms with E-state index >= 15 is 0 Å². The van der Waals surface area contributed by atoms with Gasteiger partial charge in [0, 0.05) is 0 Å². The summed E-state index contributed by atoms with van der Waals surface area (Å²) in [6.45, 7) is 0.0681. The second-order valence-corrected chi connectivity index (χ2v) is 5.63. The number of aromatic nitrogens is 3. The zero-order valence-electron chi connectivity index (χ0n) is 9.87. The molecule has 0 atom stereocenters. The second-order valence-electron chi connectivity index (χ2n) is 3.82. The first-order chi connectivity index (χ1) is 9.09. The number of nitrogens with one attached hydrogen (secondary N) is 2. The summed E-state index contributed by atoms with van der Waals surface area (Å²) in [7, 11) is -3.45. The Balaban J connectivity index is 1.98. The van der Waals surface area contributed by atoms with Gasteiger partial charge in [-0.05, 0) is 17.7 Å². The number of nitrogens with zero attached hydrogens (tertiary/aromatic N) is 3. The van der Waals surface area contributed by atoms with Crippen LogP contribution >= 0.6 is 0 Å². The molecule has 2 rings (SSSR count). The maximum absolute atomic E-state index is 11.8. The Kier molecular flexibility index (Phi) is 3.89. The predicted octanol–water partition coefficient (Wildman–Crippen LogP) is 0.296. The van der Waals surface area contributed by atoms with E-state index in [0.29, 0.717) is 17.0 Å². The molecule has 0 aliphatic heterocycles. The van der Waals surface area contributed by atoms with Crippen LogP contribution in [0.3, 0.4) is 0 Å². The SMILES string of the molecule is N#Cc1ccc(CS(=O)(=O)NCc2ncn[nH]2)cc1. The van der Waals surface area contributed by atoms with E-state index in [1.165, 1.54) is 6.33 Å². The first kappa shape index (κ1) is 13.2. The number of H-pyrrole nitrogens is 1. The van der Waals surface area contributed by atoms with Gasteiger partial charge in [-0.2, -0.15) is 10.4 Å². The zero-order valence-corrected chi connectivity index (χ0v) is 10.7. The summed E-state index contributed by atoms with van der Waals surface area (Å²) in [5.74, 6) is 0.302. The van der Waals surface area contributed by atoms with E-state index in [9.17, 15) is 8.42 Å². The van der Waals surface area contributed by atoms with Crippen molar-refractivity contribution in [3.05, 3.63) is 47.5 Å². The zero-order chi connectivity index (χ0) is 13.7. The molecule has 0 fully saturated rings. The van der Waals surface area contributed by atoms with Gasteiger partial charge in [0.1, 0.15) is 12.2 Å². The molecule has 0 aliphatic rings. The first-order valence-corrected chi connectivity index (χ1v) is 7.05. The molecule has 19 heavy (non-hydrogen) atoms. The van der Waals surface area contributed by atoms with Crippen molar-refractivity contribution in [3.63, 3.8) is 0 Å². The van der Waals surface area contributed by atoms with Crippen LogP contribution in [0, 0.1) is 11.3 Å². The lowest BCUT2D eigenvalue weighted by Crippen LogP contribution is -2.25. The fourth-order valence-corrected chi connectivity index (χ4v) is 2.53. The van der Waals surface area contributed by atoms with Crippen LogP contribution in [0.15, 0.2) is 30.6 Å². The van der Waals surface area contributed by atoms with Gasteiger partial charge < -0.3 is 0 Å². The van der Waals surface area contributed by atoms with Crippen molar-refractivity contribution >= 4 is 10.0 Å². The third-order valence-corrected chi connectivity index (χ3v) is 3.66. The topological polar surface area (TPSA) is 112 Å². The number of aromatic amines is 1. The van der Waals surface area contributed by atoms with Crippen LogP contribution in [-0.2, 0) is 22.3 Å². The Labute approximate surface area is 110 Å². The third kappa shape index (κ3) is 3.87. The molecule has 98 valence electrons. The minimum absolute atomic E-state index is 0.0681. The monoisotopic (exact) mass is 277 g/mol. The molecule has 1 aromatic heterocycles. The van der Waals surface area contributed by atoms with Gasteiger partial charge in [-0.1, -0.05) is 12.1 Å². The molecule has 0 radical (unpaired) electrons. The Morgan fingerprint density at radius 1 is 1.32 bits per heavy atom. The molecule has 1 aromatic carbocycles. The Hall–Kier alpha value is -2.24. The van der Waals surface area contributed by atoms with Gasteiger partial charge in [-0.25, -0.2) is 18.1 Å². The molecule has 0 bridgehead atoms. The summed E-state index contributed by atoms with van der Waals surface area (Å²) in [6.07, 6.45) is 1.31. The highest BCUT2D eigenvalue weighted by molar-refractivity contribution is 7.88. The van der Waals surface area contributed by atoms with Crippen LogP contribution in [0.5, 0.6) is 0 Å². The van der Waals surface area contributed by atoms with Gasteiger partial charge in [0.05, 0.1) is 23.9 Å². The van der Waals surface area contributed by atoms with Crippen molar-refractivity contribution in [2.45, 2.75) is 12.3 Å². The molecule has 7 nitrogen and oxygen atoms in total. The maximum Gasteiger partial charge on any atom is 0.216 e. The summed E-state index contributed by atoms with van der Waals surface area (Å²) in [5.41, 5.74) is 1.11. The van der Waals surface area contributed by atoms with Gasteiger partial charge in [-0.3, -0.25) is 5.10 Å². The number of hydrogen-bond donors (Lipinski definition) is 2. The highest BCUT2D eigenvalue weighted by atomic mass is 32.2. The average molecular weight is 277 g/mol. The van der Waals surface area contributed by atoms with E-state index in [-0.39, 0.29) is 12.3 Å². The molecule has 2 N–H and O–H groups in total. The van der Waals surface area contributed by atoms with Gasteiger partial charge in [-0.15, -0.1) is 0 Å². The normalized spacial score (nSPS) is 11.1. The van der Waals surface area contributed by atoms with Gasteiger partial charge in [0.15, 0.2) is 0 Å². The lowest BCUT2D eigenvalue weighted by Gasteiger charge is -2.05. The third-order valence-electron chi connectivity index (χ3n) is 2.36. The number of sulfonamides is 1. The summed E-state index contributed by atoms with van der Waals surface area (Å²) >= 11 is 0. The molecule has 0 saturated carbocycles. The quantitative estimate of drug-likeness (QED) is 0.816. The van der Waals surface area contributed by atoms with Crippen LogP contribution in [0.2, 0.25) is 0 Å². The van der Waals surface area contributed by atoms with Gasteiger partial charge in [0.2, 0.25) is 10.0 Å². The number of rotatable bonds is 5. The molecule has 0 amide bonds. The Morgan fingerprint density at radius 3 is 2.63 bits per heavy atom. The second kappa shape index (κ2) is 5.60. The van der Waals surface area contributed by atoms with Gasteiger partial charge >= 0.3 is 0 Å². The molecular formula is C11H11N5O2S. The van der Waals surface area contributed by atoms with Crippen molar-refractivity contribution in [3.8, 4) is 6.07 Å². The minimum Gasteiger partial charge on any atom is -0.262 e. The number of benzene rings is 1. The standard InChI is InChI=1S/C11H11N5O2S/c12-5-9-1-3-10(4-2-9)7-19(17,18)15-6-11-13-8-14-16-11/h1-4,8,15H,6-7H2,(H,13,14,16). The largest absolute Gasteiger partial charge is 0.262 e. The summed E-state index contributed by atoms with van der Waals surface area (Å²) < 4.78 is 26.0. The maximum atomic E-state index is 11.8. The molecule has 0 aliphatic carbocycles. The molecule has 0 saturated heterocycles. The Bertz CT molecular complexity index is 671. The van der Waals surface area contributed by atoms with E-state index in [2.05, 4.69) is 19.9 Å². The average Bonchev–Trinajstić information content (AvgIpc) is 2.90.